The highest BCUT2D eigenvalue weighted by atomic mass is 31.2. The van der Waals surface area contributed by atoms with Crippen LogP contribution in [0.1, 0.15) is 194 Å². The molecule has 0 spiro atoms. The monoisotopic (exact) mass is 814 g/mol. The molecule has 0 aromatic carbocycles. The molecule has 0 aromatic rings. The number of hydrogen-bond acceptors (Lipinski definition) is 8. The van der Waals surface area contributed by atoms with Gasteiger partial charge < -0.3 is 25.2 Å². The lowest BCUT2D eigenvalue weighted by Crippen LogP contribution is -2.43. The molecule has 3 unspecified atom stereocenters. The van der Waals surface area contributed by atoms with Crippen molar-refractivity contribution in [1.29, 1.82) is 0 Å². The number of phosphoric acid groups is 1. The Bertz CT molecular complexity index is 1100. The van der Waals surface area contributed by atoms with Crippen LogP contribution >= 0.6 is 7.82 Å². The number of aliphatic hydroxyl groups excluding tert-OH is 1. The molecule has 0 rings (SSSR count). The first-order valence-corrected chi connectivity index (χ1v) is 23.5. The van der Waals surface area contributed by atoms with Crippen molar-refractivity contribution < 1.29 is 47.8 Å². The average molecular weight is 814 g/mol. The number of carbonyl (C=O) groups is 3. The second-order valence-electron chi connectivity index (χ2n) is 14.9. The lowest BCUT2D eigenvalue weighted by Gasteiger charge is -2.18. The van der Waals surface area contributed by atoms with Crippen molar-refractivity contribution in [2.24, 2.45) is 0 Å². The maximum atomic E-state index is 12.3. The Morgan fingerprint density at radius 3 is 1.55 bits per heavy atom. The molecular weight excluding hydrogens is 733 g/mol. The van der Waals surface area contributed by atoms with Crippen LogP contribution < -0.4 is 5.32 Å². The third-order valence-electron chi connectivity index (χ3n) is 9.44. The fourth-order valence-electron chi connectivity index (χ4n) is 6.04. The Labute approximate surface area is 340 Å². The van der Waals surface area contributed by atoms with E-state index in [0.717, 1.165) is 83.5 Å². The topological polar surface area (TPSA) is 169 Å². The normalized spacial score (nSPS) is 14.1. The minimum absolute atomic E-state index is 0.134. The number of allylic oxidation sites excluding steroid dienone is 6. The van der Waals surface area contributed by atoms with Gasteiger partial charge in [-0.05, 0) is 44.9 Å². The molecule has 0 heterocycles. The van der Waals surface area contributed by atoms with E-state index in [9.17, 15) is 34.1 Å². The first kappa shape index (κ1) is 53.7. The van der Waals surface area contributed by atoms with Gasteiger partial charge in [-0.1, -0.05) is 172 Å². The summed E-state index contributed by atoms with van der Waals surface area (Å²) in [6, 6.07) is -1.55. The Kier molecular flexibility index (Phi) is 37.9. The van der Waals surface area contributed by atoms with E-state index < -0.39 is 57.6 Å². The Hall–Kier alpha value is -2.30. The first-order valence-electron chi connectivity index (χ1n) is 22.0. The molecule has 1 amide bonds. The second-order valence-corrected chi connectivity index (χ2v) is 16.3. The summed E-state index contributed by atoms with van der Waals surface area (Å²) in [4.78, 5) is 45.9. The van der Waals surface area contributed by atoms with Crippen molar-refractivity contribution >= 4 is 25.7 Å². The van der Waals surface area contributed by atoms with Gasteiger partial charge in [0.25, 0.3) is 0 Å². The Balaban J connectivity index is 3.91. The summed E-state index contributed by atoms with van der Waals surface area (Å²) in [5, 5.41) is 21.8. The fourth-order valence-corrected chi connectivity index (χ4v) is 6.81. The van der Waals surface area contributed by atoms with E-state index in [4.69, 9.17) is 13.8 Å². The van der Waals surface area contributed by atoms with E-state index in [1.165, 1.54) is 70.6 Å². The quantitative estimate of drug-likeness (QED) is 0.0202. The summed E-state index contributed by atoms with van der Waals surface area (Å²) in [7, 11) is -4.76. The number of rotatable bonds is 41. The number of carboxylic acid groups (broad SMARTS) is 1. The standard InChI is InChI=1S/C44H80NO10P/c1-3-5-7-9-11-13-15-17-19-20-22-23-25-27-29-31-33-35-42(47)45-41(44(49)50)39-55-56(51,52)54-38-40(46)37-53-43(48)36-34-32-30-28-26-24-21-18-16-14-12-10-8-6-4-2/h5,7,11,13,17,19,40-41,46H,3-4,6,8-10,12,14-16,18,20-39H2,1-2H3,(H,45,47)(H,49,50)(H,51,52)/b7-5-,13-11-,19-17-. The average Bonchev–Trinajstić information content (AvgIpc) is 3.17. The summed E-state index contributed by atoms with van der Waals surface area (Å²) >= 11 is 0. The van der Waals surface area contributed by atoms with E-state index in [1.54, 1.807) is 0 Å². The van der Waals surface area contributed by atoms with Gasteiger partial charge in [-0.25, -0.2) is 9.36 Å². The molecule has 0 saturated carbocycles. The number of hydrogen-bond donors (Lipinski definition) is 4. The van der Waals surface area contributed by atoms with Gasteiger partial charge in [-0.15, -0.1) is 0 Å². The van der Waals surface area contributed by atoms with Gasteiger partial charge in [-0.3, -0.25) is 18.6 Å². The lowest BCUT2D eigenvalue weighted by molar-refractivity contribution is -0.147. The van der Waals surface area contributed by atoms with Gasteiger partial charge in [-0.2, -0.15) is 0 Å². The molecular formula is C44H80NO10P. The third kappa shape index (κ3) is 38.6. The molecule has 0 saturated heterocycles. The Morgan fingerprint density at radius 2 is 1.04 bits per heavy atom. The van der Waals surface area contributed by atoms with Crippen LogP contribution in [-0.4, -0.2) is 64.9 Å². The van der Waals surface area contributed by atoms with E-state index >= 15 is 0 Å². The first-order chi connectivity index (χ1) is 27.1. The molecule has 326 valence electrons. The number of unbranched alkanes of at least 4 members (excludes halogenated alkanes) is 21. The van der Waals surface area contributed by atoms with Crippen LogP contribution in [-0.2, 0) is 32.7 Å². The van der Waals surface area contributed by atoms with Crippen LogP contribution in [0.5, 0.6) is 0 Å². The number of nitrogens with one attached hydrogen (secondary N) is 1. The van der Waals surface area contributed by atoms with Gasteiger partial charge in [0, 0.05) is 12.8 Å². The van der Waals surface area contributed by atoms with Gasteiger partial charge in [0.05, 0.1) is 13.2 Å². The molecule has 0 aliphatic heterocycles. The molecule has 0 fully saturated rings. The number of amides is 1. The lowest BCUT2D eigenvalue weighted by atomic mass is 10.0. The Morgan fingerprint density at radius 1 is 0.589 bits per heavy atom. The van der Waals surface area contributed by atoms with Crippen LogP contribution in [0.3, 0.4) is 0 Å². The summed E-state index contributed by atoms with van der Waals surface area (Å²) in [5.74, 6) is -2.38. The number of aliphatic hydroxyl groups is 1. The molecule has 11 nitrogen and oxygen atoms in total. The van der Waals surface area contributed by atoms with Crippen LogP contribution in [0.15, 0.2) is 36.5 Å². The molecule has 0 aliphatic carbocycles. The molecule has 0 aliphatic rings. The molecule has 3 atom stereocenters. The van der Waals surface area contributed by atoms with Crippen molar-refractivity contribution in [3.8, 4) is 0 Å². The van der Waals surface area contributed by atoms with E-state index in [0.29, 0.717) is 12.8 Å². The van der Waals surface area contributed by atoms with Crippen LogP contribution in [0.25, 0.3) is 0 Å². The SMILES string of the molecule is CC/C=C\C/C=C\C/C=C\CCCCCCCCCC(=O)NC(COP(=O)(O)OCC(O)COC(=O)CCCCCCCCCCCCCCCCC)C(=O)O. The van der Waals surface area contributed by atoms with Crippen molar-refractivity contribution in [2.75, 3.05) is 19.8 Å². The number of esters is 1. The fraction of sp³-hybridized carbons (Fsp3) is 0.795. The molecule has 0 bridgehead atoms. The minimum atomic E-state index is -4.76. The molecule has 56 heavy (non-hydrogen) atoms. The number of aliphatic carboxylic acids is 1. The third-order valence-corrected chi connectivity index (χ3v) is 10.4. The number of carbonyl (C=O) groups excluding carboxylic acids is 2. The summed E-state index contributed by atoms with van der Waals surface area (Å²) in [5.41, 5.74) is 0. The highest BCUT2D eigenvalue weighted by molar-refractivity contribution is 7.47. The summed E-state index contributed by atoms with van der Waals surface area (Å²) < 4.78 is 26.8. The second kappa shape index (κ2) is 39.5. The maximum Gasteiger partial charge on any atom is 0.472 e. The van der Waals surface area contributed by atoms with Crippen LogP contribution in [0, 0.1) is 0 Å². The van der Waals surface area contributed by atoms with Crippen molar-refractivity contribution in [1.82, 2.24) is 5.32 Å². The molecule has 0 aromatic heterocycles. The van der Waals surface area contributed by atoms with Crippen LogP contribution in [0.2, 0.25) is 0 Å². The zero-order chi connectivity index (χ0) is 41.4. The molecule has 12 heteroatoms. The van der Waals surface area contributed by atoms with Gasteiger partial charge >= 0.3 is 19.8 Å². The van der Waals surface area contributed by atoms with Gasteiger partial charge in [0.15, 0.2) is 6.04 Å². The number of carboxylic acids is 1. The van der Waals surface area contributed by atoms with Gasteiger partial charge in [0.1, 0.15) is 12.7 Å². The predicted molar refractivity (Wildman–Crippen MR) is 226 cm³/mol. The summed E-state index contributed by atoms with van der Waals surface area (Å²) in [6.07, 6.45) is 41.6. The molecule has 0 radical (unpaired) electrons. The maximum absolute atomic E-state index is 12.3. The van der Waals surface area contributed by atoms with E-state index in [2.05, 4.69) is 55.6 Å². The summed E-state index contributed by atoms with van der Waals surface area (Å²) in [6.45, 7) is 2.48. The smallest absolute Gasteiger partial charge is 0.472 e. The number of phosphoric ester groups is 1. The van der Waals surface area contributed by atoms with Crippen molar-refractivity contribution in [3.05, 3.63) is 36.5 Å². The minimum Gasteiger partial charge on any atom is -0.480 e. The highest BCUT2D eigenvalue weighted by Gasteiger charge is 2.28. The zero-order valence-corrected chi connectivity index (χ0v) is 36.1. The molecule has 4 N–H and O–H groups in total. The predicted octanol–water partition coefficient (Wildman–Crippen LogP) is 11.2. The zero-order valence-electron chi connectivity index (χ0n) is 35.2. The van der Waals surface area contributed by atoms with Crippen molar-refractivity contribution in [2.45, 2.75) is 206 Å². The van der Waals surface area contributed by atoms with Crippen molar-refractivity contribution in [3.63, 3.8) is 0 Å². The van der Waals surface area contributed by atoms with E-state index in [-0.39, 0.29) is 12.8 Å². The largest absolute Gasteiger partial charge is 0.480 e. The van der Waals surface area contributed by atoms with E-state index in [1.807, 2.05) is 0 Å². The number of ether oxygens (including phenoxy) is 1. The highest BCUT2D eigenvalue weighted by Crippen LogP contribution is 2.43. The van der Waals surface area contributed by atoms with Crippen LogP contribution in [0.4, 0.5) is 0 Å². The van der Waals surface area contributed by atoms with Gasteiger partial charge in [0.2, 0.25) is 5.91 Å².